The van der Waals surface area contributed by atoms with Gasteiger partial charge < -0.3 is 15.4 Å². The maximum absolute atomic E-state index is 12.1. The Balaban J connectivity index is 2.24. The highest BCUT2D eigenvalue weighted by atomic mass is 16.5. The standard InChI is InChI=1S/C15H23N3O2/c1-16-15(19)13-10-17-8-9-18(13)14(11-20-2)12-6-4-3-5-7-12/h3-7,13-14,17H,8-11H2,1-2H3,(H,16,19). The van der Waals surface area contributed by atoms with E-state index in [2.05, 4.69) is 27.7 Å². The van der Waals surface area contributed by atoms with Crippen molar-refractivity contribution >= 4 is 5.91 Å². The number of amides is 1. The molecule has 1 heterocycles. The summed E-state index contributed by atoms with van der Waals surface area (Å²) in [4.78, 5) is 14.3. The van der Waals surface area contributed by atoms with Crippen molar-refractivity contribution in [2.75, 3.05) is 40.4 Å². The van der Waals surface area contributed by atoms with Crippen LogP contribution < -0.4 is 10.6 Å². The highest BCUT2D eigenvalue weighted by Crippen LogP contribution is 2.24. The first-order valence-corrected chi connectivity index (χ1v) is 7.00. The van der Waals surface area contributed by atoms with E-state index in [0.717, 1.165) is 13.1 Å². The van der Waals surface area contributed by atoms with Crippen molar-refractivity contribution in [3.05, 3.63) is 35.9 Å². The molecule has 0 bridgehead atoms. The molecule has 110 valence electrons. The third kappa shape index (κ3) is 3.36. The zero-order valence-corrected chi connectivity index (χ0v) is 12.1. The van der Waals surface area contributed by atoms with Crippen molar-refractivity contribution < 1.29 is 9.53 Å². The number of likely N-dealkylation sites (N-methyl/N-ethyl adjacent to an activating group) is 1. The van der Waals surface area contributed by atoms with E-state index in [4.69, 9.17) is 4.74 Å². The number of nitrogens with one attached hydrogen (secondary N) is 2. The summed E-state index contributed by atoms with van der Waals surface area (Å²) < 4.78 is 5.38. The van der Waals surface area contributed by atoms with Crippen LogP contribution in [-0.4, -0.2) is 57.2 Å². The number of piperazine rings is 1. The summed E-state index contributed by atoms with van der Waals surface area (Å²) in [7, 11) is 3.38. The average Bonchev–Trinajstić information content (AvgIpc) is 2.53. The second kappa shape index (κ2) is 7.38. The van der Waals surface area contributed by atoms with Crippen molar-refractivity contribution in [3.8, 4) is 0 Å². The van der Waals surface area contributed by atoms with Crippen LogP contribution in [0.15, 0.2) is 30.3 Å². The van der Waals surface area contributed by atoms with Crippen molar-refractivity contribution in [2.45, 2.75) is 12.1 Å². The van der Waals surface area contributed by atoms with Crippen molar-refractivity contribution in [1.82, 2.24) is 15.5 Å². The largest absolute Gasteiger partial charge is 0.383 e. The minimum atomic E-state index is -0.158. The molecule has 0 aromatic heterocycles. The highest BCUT2D eigenvalue weighted by Gasteiger charge is 2.33. The van der Waals surface area contributed by atoms with Gasteiger partial charge in [-0.2, -0.15) is 0 Å². The molecule has 2 N–H and O–H groups in total. The number of methoxy groups -OCH3 is 1. The molecule has 1 fully saturated rings. The molecule has 5 nitrogen and oxygen atoms in total. The smallest absolute Gasteiger partial charge is 0.238 e. The van der Waals surface area contributed by atoms with E-state index < -0.39 is 0 Å². The third-order valence-electron chi connectivity index (χ3n) is 3.74. The van der Waals surface area contributed by atoms with Gasteiger partial charge in [0.1, 0.15) is 6.04 Å². The van der Waals surface area contributed by atoms with Crippen LogP contribution in [0.2, 0.25) is 0 Å². The summed E-state index contributed by atoms with van der Waals surface area (Å²) in [6.45, 7) is 2.98. The fourth-order valence-electron chi connectivity index (χ4n) is 2.72. The maximum Gasteiger partial charge on any atom is 0.238 e. The monoisotopic (exact) mass is 277 g/mol. The van der Waals surface area contributed by atoms with Gasteiger partial charge in [-0.15, -0.1) is 0 Å². The number of carbonyl (C=O) groups is 1. The second-order valence-corrected chi connectivity index (χ2v) is 4.95. The topological polar surface area (TPSA) is 53.6 Å². The molecule has 0 saturated carbocycles. The van der Waals surface area contributed by atoms with Crippen molar-refractivity contribution in [2.24, 2.45) is 0 Å². The number of benzene rings is 1. The number of carbonyl (C=O) groups excluding carboxylic acids is 1. The van der Waals surface area contributed by atoms with Crippen LogP contribution in [0.1, 0.15) is 11.6 Å². The predicted molar refractivity (Wildman–Crippen MR) is 78.5 cm³/mol. The van der Waals surface area contributed by atoms with E-state index in [-0.39, 0.29) is 18.0 Å². The van der Waals surface area contributed by atoms with Crippen LogP contribution in [0, 0.1) is 0 Å². The first-order valence-electron chi connectivity index (χ1n) is 7.00. The van der Waals surface area contributed by atoms with Crippen LogP contribution in [0.4, 0.5) is 0 Å². The summed E-state index contributed by atoms with van der Waals surface area (Å²) >= 11 is 0. The van der Waals surface area contributed by atoms with Gasteiger partial charge in [-0.05, 0) is 5.56 Å². The molecule has 1 amide bonds. The summed E-state index contributed by atoms with van der Waals surface area (Å²) in [6.07, 6.45) is 0. The third-order valence-corrected chi connectivity index (χ3v) is 3.74. The molecule has 1 aromatic rings. The molecule has 0 spiro atoms. The number of ether oxygens (including phenoxy) is 1. The van der Waals surface area contributed by atoms with Crippen LogP contribution >= 0.6 is 0 Å². The van der Waals surface area contributed by atoms with Gasteiger partial charge in [0.15, 0.2) is 0 Å². The summed E-state index contributed by atoms with van der Waals surface area (Å²) in [5.41, 5.74) is 1.19. The van der Waals surface area contributed by atoms with Crippen LogP contribution in [0.3, 0.4) is 0 Å². The minimum Gasteiger partial charge on any atom is -0.383 e. The van der Waals surface area contributed by atoms with E-state index in [9.17, 15) is 4.79 Å². The quantitative estimate of drug-likeness (QED) is 0.818. The lowest BCUT2D eigenvalue weighted by molar-refractivity contribution is -0.128. The average molecular weight is 277 g/mol. The van der Waals surface area contributed by atoms with Gasteiger partial charge in [-0.1, -0.05) is 30.3 Å². The number of nitrogens with zero attached hydrogens (tertiary/aromatic N) is 1. The van der Waals surface area contributed by atoms with E-state index >= 15 is 0 Å². The Labute approximate surface area is 120 Å². The van der Waals surface area contributed by atoms with Gasteiger partial charge in [0.05, 0.1) is 12.6 Å². The van der Waals surface area contributed by atoms with Gasteiger partial charge in [0, 0.05) is 33.8 Å². The summed E-state index contributed by atoms with van der Waals surface area (Å²) in [5, 5.41) is 6.04. The molecule has 1 aliphatic rings. The molecule has 1 aliphatic heterocycles. The molecule has 2 rings (SSSR count). The number of hydrogen-bond acceptors (Lipinski definition) is 4. The van der Waals surface area contributed by atoms with E-state index in [1.165, 1.54) is 5.56 Å². The minimum absolute atomic E-state index is 0.0502. The Bertz CT molecular complexity index is 424. The predicted octanol–water partition coefficient (Wildman–Crippen LogP) is 0.394. The van der Waals surface area contributed by atoms with Gasteiger partial charge in [0.2, 0.25) is 5.91 Å². The Hall–Kier alpha value is -1.43. The lowest BCUT2D eigenvalue weighted by Crippen LogP contribution is -2.58. The van der Waals surface area contributed by atoms with Gasteiger partial charge in [-0.25, -0.2) is 0 Å². The van der Waals surface area contributed by atoms with Crippen LogP contribution in [0.25, 0.3) is 0 Å². The van der Waals surface area contributed by atoms with Crippen molar-refractivity contribution in [1.29, 1.82) is 0 Å². The molecule has 1 aromatic carbocycles. The first kappa shape index (κ1) is 15.0. The van der Waals surface area contributed by atoms with E-state index in [1.807, 2.05) is 18.2 Å². The van der Waals surface area contributed by atoms with E-state index in [0.29, 0.717) is 13.2 Å². The Morgan fingerprint density at radius 3 is 2.90 bits per heavy atom. The lowest BCUT2D eigenvalue weighted by atomic mass is 10.0. The first-order chi connectivity index (χ1) is 9.77. The number of rotatable bonds is 5. The molecule has 1 saturated heterocycles. The molecule has 2 unspecified atom stereocenters. The van der Waals surface area contributed by atoms with Gasteiger partial charge in [-0.3, -0.25) is 9.69 Å². The van der Waals surface area contributed by atoms with Crippen molar-refractivity contribution in [3.63, 3.8) is 0 Å². The molecule has 0 radical (unpaired) electrons. The Morgan fingerprint density at radius 1 is 1.50 bits per heavy atom. The molecule has 20 heavy (non-hydrogen) atoms. The molecular formula is C15H23N3O2. The normalized spacial score (nSPS) is 21.4. The maximum atomic E-state index is 12.1. The fourth-order valence-corrected chi connectivity index (χ4v) is 2.72. The number of hydrogen-bond donors (Lipinski definition) is 2. The van der Waals surface area contributed by atoms with Crippen LogP contribution in [0.5, 0.6) is 0 Å². The van der Waals surface area contributed by atoms with Gasteiger partial charge >= 0.3 is 0 Å². The highest BCUT2D eigenvalue weighted by molar-refractivity contribution is 5.81. The summed E-state index contributed by atoms with van der Waals surface area (Å²) in [5.74, 6) is 0.0502. The molecule has 2 atom stereocenters. The molecular weight excluding hydrogens is 254 g/mol. The molecule has 0 aliphatic carbocycles. The lowest BCUT2D eigenvalue weighted by Gasteiger charge is -2.40. The second-order valence-electron chi connectivity index (χ2n) is 4.95. The Morgan fingerprint density at radius 2 is 2.25 bits per heavy atom. The zero-order valence-electron chi connectivity index (χ0n) is 12.1. The van der Waals surface area contributed by atoms with Crippen LogP contribution in [-0.2, 0) is 9.53 Å². The fraction of sp³-hybridized carbons (Fsp3) is 0.533. The molecule has 5 heteroatoms. The summed E-state index contributed by atoms with van der Waals surface area (Å²) in [6, 6.07) is 10.2. The SMILES string of the molecule is CNC(=O)C1CNCCN1C(COC)c1ccccc1. The van der Waals surface area contributed by atoms with E-state index in [1.54, 1.807) is 14.2 Å². The zero-order chi connectivity index (χ0) is 14.4. The Kier molecular flexibility index (Phi) is 5.52. The van der Waals surface area contributed by atoms with Gasteiger partial charge in [0.25, 0.3) is 0 Å².